The Bertz CT molecular complexity index is 657. The van der Waals surface area contributed by atoms with Gasteiger partial charge in [-0.15, -0.1) is 0 Å². The molecule has 144 valence electrons. The van der Waals surface area contributed by atoms with E-state index in [1.54, 1.807) is 0 Å². The second-order valence-corrected chi connectivity index (χ2v) is 6.75. The van der Waals surface area contributed by atoms with Gasteiger partial charge in [-0.2, -0.15) is 0 Å². The van der Waals surface area contributed by atoms with E-state index in [0.717, 1.165) is 62.6 Å². The van der Waals surface area contributed by atoms with E-state index in [-0.39, 0.29) is 12.0 Å². The number of rotatable bonds is 10. The SMILES string of the molecule is CCNC(=NCC(CC)(CC)CCO)NCCc1cn2ccccc2n1. The van der Waals surface area contributed by atoms with E-state index in [2.05, 4.69) is 42.6 Å². The van der Waals surface area contributed by atoms with Crippen LogP contribution < -0.4 is 10.6 Å². The molecule has 0 radical (unpaired) electrons. The lowest BCUT2D eigenvalue weighted by atomic mass is 9.79. The Hall–Kier alpha value is -2.08. The van der Waals surface area contributed by atoms with Crippen LogP contribution in [-0.4, -0.2) is 46.7 Å². The molecule has 0 aliphatic carbocycles. The molecule has 0 unspecified atom stereocenters. The maximum atomic E-state index is 9.37. The third-order valence-corrected chi connectivity index (χ3v) is 5.15. The summed E-state index contributed by atoms with van der Waals surface area (Å²) in [6.45, 7) is 8.97. The van der Waals surface area contributed by atoms with Crippen LogP contribution in [0.4, 0.5) is 0 Å². The van der Waals surface area contributed by atoms with Gasteiger partial charge in [-0.25, -0.2) is 4.98 Å². The van der Waals surface area contributed by atoms with Gasteiger partial charge in [0.05, 0.1) is 5.69 Å². The third kappa shape index (κ3) is 5.46. The van der Waals surface area contributed by atoms with E-state index in [1.165, 1.54) is 0 Å². The molecular formula is C20H33N5O. The number of aliphatic hydroxyl groups is 1. The van der Waals surface area contributed by atoms with Gasteiger partial charge >= 0.3 is 0 Å². The molecule has 6 nitrogen and oxygen atoms in total. The van der Waals surface area contributed by atoms with Crippen molar-refractivity contribution in [1.29, 1.82) is 0 Å². The molecule has 2 heterocycles. The zero-order chi connectivity index (χ0) is 18.8. The fraction of sp³-hybridized carbons (Fsp3) is 0.600. The molecule has 0 atom stereocenters. The number of aromatic nitrogens is 2. The normalized spacial score (nSPS) is 12.5. The van der Waals surface area contributed by atoms with E-state index >= 15 is 0 Å². The molecule has 0 aliphatic heterocycles. The zero-order valence-electron chi connectivity index (χ0n) is 16.3. The number of fused-ring (bicyclic) bond motifs is 1. The molecule has 0 fully saturated rings. The van der Waals surface area contributed by atoms with Gasteiger partial charge in [0.2, 0.25) is 0 Å². The Balaban J connectivity index is 1.94. The minimum atomic E-state index is 0.0820. The van der Waals surface area contributed by atoms with Crippen LogP contribution >= 0.6 is 0 Å². The van der Waals surface area contributed by atoms with Gasteiger partial charge in [-0.3, -0.25) is 4.99 Å². The molecular weight excluding hydrogens is 326 g/mol. The van der Waals surface area contributed by atoms with E-state index in [9.17, 15) is 5.11 Å². The molecule has 0 aliphatic rings. The number of guanidine groups is 1. The van der Waals surface area contributed by atoms with Crippen molar-refractivity contribution in [3.8, 4) is 0 Å². The molecule has 2 aromatic rings. The molecule has 3 N–H and O–H groups in total. The summed E-state index contributed by atoms with van der Waals surface area (Å²) in [5.41, 5.74) is 2.12. The molecule has 0 spiro atoms. The van der Waals surface area contributed by atoms with Crippen LogP contribution in [0.3, 0.4) is 0 Å². The number of hydrogen-bond acceptors (Lipinski definition) is 3. The van der Waals surface area contributed by atoms with Crippen molar-refractivity contribution >= 4 is 11.6 Å². The monoisotopic (exact) mass is 359 g/mol. The highest BCUT2D eigenvalue weighted by Crippen LogP contribution is 2.30. The van der Waals surface area contributed by atoms with Crippen LogP contribution in [0.1, 0.15) is 45.7 Å². The Morgan fingerprint density at radius 3 is 2.69 bits per heavy atom. The minimum absolute atomic E-state index is 0.0820. The molecule has 2 aromatic heterocycles. The summed E-state index contributed by atoms with van der Waals surface area (Å²) in [7, 11) is 0. The van der Waals surface area contributed by atoms with Gasteiger partial charge < -0.3 is 20.1 Å². The minimum Gasteiger partial charge on any atom is -0.396 e. The van der Waals surface area contributed by atoms with Crippen molar-refractivity contribution in [2.75, 3.05) is 26.2 Å². The maximum absolute atomic E-state index is 9.37. The second kappa shape index (κ2) is 10.2. The molecule has 6 heteroatoms. The first kappa shape index (κ1) is 20.2. The van der Waals surface area contributed by atoms with Crippen LogP contribution in [0.15, 0.2) is 35.6 Å². The van der Waals surface area contributed by atoms with Gasteiger partial charge in [0, 0.05) is 45.1 Å². The molecule has 0 saturated carbocycles. The number of aliphatic imine (C=N–C) groups is 1. The van der Waals surface area contributed by atoms with Crippen LogP contribution in [0.5, 0.6) is 0 Å². The molecule has 0 amide bonds. The Morgan fingerprint density at radius 2 is 2.04 bits per heavy atom. The summed E-state index contributed by atoms with van der Waals surface area (Å²) in [5.74, 6) is 0.834. The van der Waals surface area contributed by atoms with Gasteiger partial charge in [-0.05, 0) is 43.7 Å². The highest BCUT2D eigenvalue weighted by molar-refractivity contribution is 5.79. The number of nitrogens with zero attached hydrogens (tertiary/aromatic N) is 3. The molecule has 26 heavy (non-hydrogen) atoms. The molecule has 0 aromatic carbocycles. The highest BCUT2D eigenvalue weighted by atomic mass is 16.3. The summed E-state index contributed by atoms with van der Waals surface area (Å²) >= 11 is 0. The maximum Gasteiger partial charge on any atom is 0.191 e. The third-order valence-electron chi connectivity index (χ3n) is 5.15. The first-order valence-corrected chi connectivity index (χ1v) is 9.72. The number of pyridine rings is 1. The fourth-order valence-corrected chi connectivity index (χ4v) is 3.15. The second-order valence-electron chi connectivity index (χ2n) is 6.75. The standard InChI is InChI=1S/C20H33N5O/c1-4-20(5-2,11-14-26)16-23-19(21-6-3)22-12-10-17-15-25-13-8-7-9-18(25)24-17/h7-9,13,15,26H,4-6,10-12,14,16H2,1-3H3,(H2,21,22,23). The molecule has 0 saturated heterocycles. The Morgan fingerprint density at radius 1 is 1.23 bits per heavy atom. The first-order chi connectivity index (χ1) is 12.7. The topological polar surface area (TPSA) is 74.0 Å². The van der Waals surface area contributed by atoms with E-state index in [0.29, 0.717) is 0 Å². The largest absolute Gasteiger partial charge is 0.396 e. The van der Waals surface area contributed by atoms with Crippen molar-refractivity contribution in [1.82, 2.24) is 20.0 Å². The van der Waals surface area contributed by atoms with Crippen LogP contribution in [0, 0.1) is 5.41 Å². The van der Waals surface area contributed by atoms with Gasteiger partial charge in [-0.1, -0.05) is 19.9 Å². The van der Waals surface area contributed by atoms with Crippen LogP contribution in [0.25, 0.3) is 5.65 Å². The summed E-state index contributed by atoms with van der Waals surface area (Å²) in [6, 6.07) is 6.02. The molecule has 2 rings (SSSR count). The fourth-order valence-electron chi connectivity index (χ4n) is 3.15. The number of aliphatic hydroxyl groups excluding tert-OH is 1. The zero-order valence-corrected chi connectivity index (χ0v) is 16.3. The number of imidazole rings is 1. The first-order valence-electron chi connectivity index (χ1n) is 9.72. The predicted octanol–water partition coefficient (Wildman–Crippen LogP) is 2.62. The predicted molar refractivity (Wildman–Crippen MR) is 108 cm³/mol. The Labute approximate surface area is 156 Å². The number of hydrogen-bond donors (Lipinski definition) is 3. The van der Waals surface area contributed by atoms with Crippen molar-refractivity contribution in [2.24, 2.45) is 10.4 Å². The van der Waals surface area contributed by atoms with Crippen molar-refractivity contribution in [3.63, 3.8) is 0 Å². The van der Waals surface area contributed by atoms with Crippen LogP contribution in [-0.2, 0) is 6.42 Å². The lowest BCUT2D eigenvalue weighted by molar-refractivity contribution is 0.175. The van der Waals surface area contributed by atoms with Crippen molar-refractivity contribution in [2.45, 2.75) is 46.5 Å². The van der Waals surface area contributed by atoms with Gasteiger partial charge in [0.25, 0.3) is 0 Å². The van der Waals surface area contributed by atoms with Crippen LogP contribution in [0.2, 0.25) is 0 Å². The van der Waals surface area contributed by atoms with E-state index < -0.39 is 0 Å². The summed E-state index contributed by atoms with van der Waals surface area (Å²) < 4.78 is 2.04. The average Bonchev–Trinajstić information content (AvgIpc) is 3.08. The summed E-state index contributed by atoms with van der Waals surface area (Å²) in [6.07, 6.45) is 7.77. The lowest BCUT2D eigenvalue weighted by Gasteiger charge is -2.29. The molecule has 0 bridgehead atoms. The van der Waals surface area contributed by atoms with E-state index in [4.69, 9.17) is 4.99 Å². The summed E-state index contributed by atoms with van der Waals surface area (Å²) in [4.78, 5) is 9.40. The van der Waals surface area contributed by atoms with Crippen molar-refractivity contribution < 1.29 is 5.11 Å². The van der Waals surface area contributed by atoms with Gasteiger partial charge in [0.15, 0.2) is 5.96 Å². The van der Waals surface area contributed by atoms with Gasteiger partial charge in [0.1, 0.15) is 5.65 Å². The smallest absolute Gasteiger partial charge is 0.191 e. The summed E-state index contributed by atoms with van der Waals surface area (Å²) in [5, 5.41) is 16.1. The van der Waals surface area contributed by atoms with Crippen molar-refractivity contribution in [3.05, 3.63) is 36.3 Å². The lowest BCUT2D eigenvalue weighted by Crippen LogP contribution is -2.39. The average molecular weight is 360 g/mol. The number of nitrogens with one attached hydrogen (secondary N) is 2. The van der Waals surface area contributed by atoms with E-state index in [1.807, 2.05) is 28.8 Å². The highest BCUT2D eigenvalue weighted by Gasteiger charge is 2.25. The Kier molecular flexibility index (Phi) is 7.91. The quantitative estimate of drug-likeness (QED) is 0.450.